The average molecular weight is 484 g/mol. The van der Waals surface area contributed by atoms with Crippen molar-refractivity contribution in [1.29, 1.82) is 0 Å². The van der Waals surface area contributed by atoms with Crippen molar-refractivity contribution < 1.29 is 23.4 Å². The monoisotopic (exact) mass is 483 g/mol. The molecule has 6 nitrogen and oxygen atoms in total. The van der Waals surface area contributed by atoms with E-state index >= 15 is 0 Å². The van der Waals surface area contributed by atoms with Crippen molar-refractivity contribution >= 4 is 57.0 Å². The normalized spacial score (nSPS) is 12.1. The molecule has 3 aromatic carbocycles. The van der Waals surface area contributed by atoms with Crippen molar-refractivity contribution in [3.05, 3.63) is 94.5 Å². The number of hydrogen-bond donors (Lipinski definition) is 3. The van der Waals surface area contributed by atoms with Crippen LogP contribution in [0.5, 0.6) is 0 Å². The van der Waals surface area contributed by atoms with E-state index in [1.807, 2.05) is 6.07 Å². The number of halogens is 1. The first kappa shape index (κ1) is 26.5. The van der Waals surface area contributed by atoms with Gasteiger partial charge in [-0.15, -0.1) is 0 Å². The number of rotatable bonds is 9. The number of carboxylic acids is 1. The van der Waals surface area contributed by atoms with Crippen molar-refractivity contribution in [3.8, 4) is 0 Å². The van der Waals surface area contributed by atoms with Crippen LogP contribution in [0.15, 0.2) is 82.6 Å². The van der Waals surface area contributed by atoms with E-state index in [4.69, 9.17) is 16.7 Å². The zero-order valence-electron chi connectivity index (χ0n) is 16.5. The van der Waals surface area contributed by atoms with E-state index in [9.17, 15) is 18.3 Å². The van der Waals surface area contributed by atoms with Crippen molar-refractivity contribution in [2.45, 2.75) is 22.3 Å². The van der Waals surface area contributed by atoms with Gasteiger partial charge in [-0.3, -0.25) is 0 Å². The SMILES string of the molecule is O=C(O)c1ccc(S(=O)(=O)c2ccc(CCNC[C@@H](O)c3cccc(Cl)c3)cc2)cc1.[NaH]. The molecule has 0 saturated heterocycles. The van der Waals surface area contributed by atoms with Gasteiger partial charge in [-0.1, -0.05) is 35.9 Å². The van der Waals surface area contributed by atoms with Crippen molar-refractivity contribution in [2.24, 2.45) is 0 Å². The fourth-order valence-corrected chi connectivity index (χ4v) is 4.51. The van der Waals surface area contributed by atoms with Crippen LogP contribution in [0.4, 0.5) is 0 Å². The number of benzene rings is 3. The Hall–Kier alpha value is -1.71. The summed E-state index contributed by atoms with van der Waals surface area (Å²) in [5, 5.41) is 22.9. The fraction of sp³-hybridized carbons (Fsp3) is 0.174. The van der Waals surface area contributed by atoms with Crippen LogP contribution in [0.1, 0.15) is 27.6 Å². The molecule has 0 aliphatic heterocycles. The van der Waals surface area contributed by atoms with Gasteiger partial charge in [0.1, 0.15) is 0 Å². The molecule has 0 aliphatic rings. The van der Waals surface area contributed by atoms with Gasteiger partial charge in [0, 0.05) is 11.6 Å². The zero-order chi connectivity index (χ0) is 22.4. The molecule has 0 heterocycles. The molecular weight excluding hydrogens is 461 g/mol. The molecule has 0 spiro atoms. The standard InChI is InChI=1S/C23H22ClNO5S.Na.H/c24-19-3-1-2-18(14-19)22(26)15-25-13-12-16-4-8-20(9-5-16)31(29,30)21-10-6-17(7-11-21)23(27)28;;/h1-11,14,22,25-26H,12-13,15H2,(H,27,28);;/t22-;;/m1../s1. The Morgan fingerprint density at radius 1 is 0.969 bits per heavy atom. The number of carboxylic acid groups (broad SMARTS) is 1. The molecule has 0 bridgehead atoms. The first-order valence-corrected chi connectivity index (χ1v) is 11.4. The van der Waals surface area contributed by atoms with Crippen LogP contribution in [-0.2, 0) is 16.3 Å². The van der Waals surface area contributed by atoms with Gasteiger partial charge in [-0.05, 0) is 72.6 Å². The Morgan fingerprint density at radius 3 is 2.12 bits per heavy atom. The van der Waals surface area contributed by atoms with Gasteiger partial charge >= 0.3 is 35.5 Å². The summed E-state index contributed by atoms with van der Waals surface area (Å²) in [4.78, 5) is 11.1. The number of hydrogen-bond acceptors (Lipinski definition) is 5. The van der Waals surface area contributed by atoms with E-state index < -0.39 is 21.9 Å². The molecule has 1 atom stereocenters. The summed E-state index contributed by atoms with van der Waals surface area (Å²) >= 11 is 5.94. The van der Waals surface area contributed by atoms with E-state index in [2.05, 4.69) is 5.32 Å². The minimum absolute atomic E-state index is 0. The first-order valence-electron chi connectivity index (χ1n) is 9.59. The number of carbonyl (C=O) groups is 1. The van der Waals surface area contributed by atoms with Crippen molar-refractivity contribution in [3.63, 3.8) is 0 Å². The quantitative estimate of drug-likeness (QED) is 0.319. The number of nitrogens with one attached hydrogen (secondary N) is 1. The van der Waals surface area contributed by atoms with E-state index in [1.54, 1.807) is 30.3 Å². The van der Waals surface area contributed by atoms with E-state index in [0.717, 1.165) is 11.1 Å². The molecule has 32 heavy (non-hydrogen) atoms. The van der Waals surface area contributed by atoms with Gasteiger partial charge < -0.3 is 15.5 Å². The Bertz CT molecular complexity index is 1150. The third kappa shape index (κ3) is 6.89. The summed E-state index contributed by atoms with van der Waals surface area (Å²) in [5.74, 6) is -1.11. The molecule has 0 aromatic heterocycles. The van der Waals surface area contributed by atoms with Gasteiger partial charge in [0.2, 0.25) is 9.84 Å². The topological polar surface area (TPSA) is 104 Å². The van der Waals surface area contributed by atoms with Crippen LogP contribution in [0, 0.1) is 0 Å². The van der Waals surface area contributed by atoms with Crippen LogP contribution in [0.3, 0.4) is 0 Å². The van der Waals surface area contributed by atoms with E-state index in [0.29, 0.717) is 24.5 Å². The van der Waals surface area contributed by atoms with Crippen LogP contribution in [0.25, 0.3) is 0 Å². The molecule has 164 valence electrons. The third-order valence-corrected chi connectivity index (χ3v) is 6.83. The maximum absolute atomic E-state index is 12.7. The molecule has 0 saturated carbocycles. The van der Waals surface area contributed by atoms with Gasteiger partial charge in [0.15, 0.2) is 0 Å². The molecule has 3 N–H and O–H groups in total. The fourth-order valence-electron chi connectivity index (χ4n) is 3.05. The summed E-state index contributed by atoms with van der Waals surface area (Å²) in [6.45, 7) is 0.986. The molecule has 0 unspecified atom stereocenters. The maximum atomic E-state index is 12.7. The summed E-state index contributed by atoms with van der Waals surface area (Å²) in [6, 6.07) is 18.8. The second kappa shape index (κ2) is 12.0. The summed E-state index contributed by atoms with van der Waals surface area (Å²) < 4.78 is 25.4. The summed E-state index contributed by atoms with van der Waals surface area (Å²) in [7, 11) is -3.72. The number of aliphatic hydroxyl groups excluding tert-OH is 1. The zero-order valence-corrected chi connectivity index (χ0v) is 18.1. The average Bonchev–Trinajstić information content (AvgIpc) is 2.77. The number of aromatic carboxylic acids is 1. The first-order chi connectivity index (χ1) is 14.8. The Kier molecular flexibility index (Phi) is 9.91. The molecule has 9 heteroatoms. The Morgan fingerprint density at radius 2 is 1.56 bits per heavy atom. The Balaban J connectivity index is 0.00000363. The van der Waals surface area contributed by atoms with Crippen LogP contribution < -0.4 is 5.32 Å². The molecule has 0 fully saturated rings. The molecule has 0 amide bonds. The van der Waals surface area contributed by atoms with E-state index in [-0.39, 0.29) is 44.9 Å². The molecular formula is C23H23ClNNaO5S. The van der Waals surface area contributed by atoms with E-state index in [1.165, 1.54) is 36.4 Å². The summed E-state index contributed by atoms with van der Waals surface area (Å²) in [6.07, 6.45) is -0.00524. The number of aliphatic hydroxyl groups is 1. The molecule has 0 aliphatic carbocycles. The van der Waals surface area contributed by atoms with Gasteiger partial charge in [-0.25, -0.2) is 13.2 Å². The second-order valence-electron chi connectivity index (χ2n) is 7.00. The predicted octanol–water partition coefficient (Wildman–Crippen LogP) is 3.09. The molecule has 3 rings (SSSR count). The minimum atomic E-state index is -3.72. The van der Waals surface area contributed by atoms with Gasteiger partial charge in [0.05, 0.1) is 21.5 Å². The molecule has 0 radical (unpaired) electrons. The number of sulfone groups is 1. The van der Waals surface area contributed by atoms with Crippen LogP contribution in [0.2, 0.25) is 5.02 Å². The second-order valence-corrected chi connectivity index (χ2v) is 9.39. The van der Waals surface area contributed by atoms with Gasteiger partial charge in [0.25, 0.3) is 0 Å². The Labute approximate surface area is 214 Å². The third-order valence-electron chi connectivity index (χ3n) is 4.81. The van der Waals surface area contributed by atoms with Crippen molar-refractivity contribution in [2.75, 3.05) is 13.1 Å². The van der Waals surface area contributed by atoms with Crippen molar-refractivity contribution in [1.82, 2.24) is 5.32 Å². The van der Waals surface area contributed by atoms with Crippen LogP contribution in [-0.4, -0.2) is 67.2 Å². The van der Waals surface area contributed by atoms with Gasteiger partial charge in [-0.2, -0.15) is 0 Å². The predicted molar refractivity (Wildman–Crippen MR) is 125 cm³/mol. The molecule has 3 aromatic rings. The summed E-state index contributed by atoms with van der Waals surface area (Å²) in [5.41, 5.74) is 1.72. The van der Waals surface area contributed by atoms with Crippen LogP contribution >= 0.6 is 11.6 Å².